The highest BCUT2D eigenvalue weighted by molar-refractivity contribution is 5.31. The van der Waals surface area contributed by atoms with Crippen LogP contribution >= 0.6 is 0 Å². The highest BCUT2D eigenvalue weighted by atomic mass is 16.5. The molecule has 106 valence electrons. The van der Waals surface area contributed by atoms with Crippen molar-refractivity contribution >= 4 is 0 Å². The van der Waals surface area contributed by atoms with Gasteiger partial charge in [0.15, 0.2) is 0 Å². The summed E-state index contributed by atoms with van der Waals surface area (Å²) in [5.41, 5.74) is 0.381. The molecule has 1 saturated carbocycles. The van der Waals surface area contributed by atoms with Crippen LogP contribution in [0, 0.1) is 11.8 Å². The minimum atomic E-state index is -0.657. The van der Waals surface area contributed by atoms with Crippen molar-refractivity contribution in [3.63, 3.8) is 0 Å². The van der Waals surface area contributed by atoms with E-state index >= 15 is 0 Å². The number of hydrogen-bond acceptors (Lipinski definition) is 2. The Bertz CT molecular complexity index is 398. The second kappa shape index (κ2) is 5.96. The van der Waals surface area contributed by atoms with Crippen LogP contribution in [0.15, 0.2) is 24.3 Å². The molecule has 2 rings (SSSR count). The predicted molar refractivity (Wildman–Crippen MR) is 78.3 cm³/mol. The van der Waals surface area contributed by atoms with E-state index in [-0.39, 0.29) is 0 Å². The fourth-order valence-corrected chi connectivity index (χ4v) is 3.12. The summed E-state index contributed by atoms with van der Waals surface area (Å²) in [4.78, 5) is 0. The summed E-state index contributed by atoms with van der Waals surface area (Å²) in [5.74, 6) is 1.94. The smallest absolute Gasteiger partial charge is 0.119 e. The van der Waals surface area contributed by atoms with Crippen molar-refractivity contribution in [2.24, 2.45) is 11.8 Å². The van der Waals surface area contributed by atoms with E-state index in [1.807, 2.05) is 24.3 Å². The molecule has 19 heavy (non-hydrogen) atoms. The SMILES string of the molecule is CCCOc1ccc(C2(O)CCC(C)CC2C)cc1. The molecule has 0 bridgehead atoms. The van der Waals surface area contributed by atoms with Gasteiger partial charge in [-0.15, -0.1) is 0 Å². The topological polar surface area (TPSA) is 29.5 Å². The van der Waals surface area contributed by atoms with Crippen molar-refractivity contribution in [1.82, 2.24) is 0 Å². The summed E-state index contributed by atoms with van der Waals surface area (Å²) >= 11 is 0. The molecule has 0 aromatic heterocycles. The van der Waals surface area contributed by atoms with Gasteiger partial charge in [0.1, 0.15) is 5.75 Å². The predicted octanol–water partition coefficient (Wildman–Crippen LogP) is 4.12. The number of benzene rings is 1. The third-order valence-corrected chi connectivity index (χ3v) is 4.42. The van der Waals surface area contributed by atoms with Crippen molar-refractivity contribution in [1.29, 1.82) is 0 Å². The van der Waals surface area contributed by atoms with Crippen LogP contribution in [-0.2, 0) is 5.60 Å². The minimum absolute atomic E-state index is 0.318. The van der Waals surface area contributed by atoms with Gasteiger partial charge in [-0.1, -0.05) is 32.9 Å². The van der Waals surface area contributed by atoms with Crippen LogP contribution in [0.1, 0.15) is 52.0 Å². The first-order valence-corrected chi connectivity index (χ1v) is 7.52. The summed E-state index contributed by atoms with van der Waals surface area (Å²) in [6.07, 6.45) is 4.09. The Balaban J connectivity index is 2.12. The minimum Gasteiger partial charge on any atom is -0.494 e. The number of aliphatic hydroxyl groups is 1. The van der Waals surface area contributed by atoms with E-state index in [0.29, 0.717) is 5.92 Å². The largest absolute Gasteiger partial charge is 0.494 e. The normalized spacial score (nSPS) is 31.2. The van der Waals surface area contributed by atoms with E-state index in [1.165, 1.54) is 0 Å². The molecule has 1 aliphatic rings. The monoisotopic (exact) mass is 262 g/mol. The van der Waals surface area contributed by atoms with Gasteiger partial charge in [-0.3, -0.25) is 0 Å². The van der Waals surface area contributed by atoms with Gasteiger partial charge in [0.2, 0.25) is 0 Å². The zero-order valence-corrected chi connectivity index (χ0v) is 12.4. The van der Waals surface area contributed by atoms with Gasteiger partial charge in [-0.05, 0) is 55.2 Å². The van der Waals surface area contributed by atoms with Crippen molar-refractivity contribution in [2.75, 3.05) is 6.61 Å². The van der Waals surface area contributed by atoms with Crippen LogP contribution < -0.4 is 4.74 Å². The summed E-state index contributed by atoms with van der Waals surface area (Å²) in [6.45, 7) is 7.29. The molecule has 0 saturated heterocycles. The number of hydrogen-bond donors (Lipinski definition) is 1. The molecular formula is C17H26O2. The Morgan fingerprint density at radius 2 is 1.95 bits per heavy atom. The molecule has 0 radical (unpaired) electrons. The van der Waals surface area contributed by atoms with Gasteiger partial charge in [0, 0.05) is 0 Å². The maximum atomic E-state index is 11.0. The van der Waals surface area contributed by atoms with Crippen molar-refractivity contribution in [3.05, 3.63) is 29.8 Å². The molecule has 2 nitrogen and oxygen atoms in total. The fourth-order valence-electron chi connectivity index (χ4n) is 3.12. The molecule has 1 aromatic rings. The first-order chi connectivity index (χ1) is 9.06. The average Bonchev–Trinajstić information content (AvgIpc) is 2.42. The van der Waals surface area contributed by atoms with E-state index in [0.717, 1.165) is 49.5 Å². The third-order valence-electron chi connectivity index (χ3n) is 4.42. The summed E-state index contributed by atoms with van der Waals surface area (Å²) in [6, 6.07) is 8.01. The van der Waals surface area contributed by atoms with Gasteiger partial charge in [0.05, 0.1) is 12.2 Å². The molecule has 1 aliphatic carbocycles. The van der Waals surface area contributed by atoms with Crippen LogP contribution in [0.2, 0.25) is 0 Å². The molecule has 1 aromatic carbocycles. The van der Waals surface area contributed by atoms with Crippen LogP contribution in [-0.4, -0.2) is 11.7 Å². The molecule has 3 unspecified atom stereocenters. The van der Waals surface area contributed by atoms with E-state index < -0.39 is 5.60 Å². The second-order valence-electron chi connectivity index (χ2n) is 6.08. The molecule has 3 atom stereocenters. The molecule has 0 spiro atoms. The first-order valence-electron chi connectivity index (χ1n) is 7.52. The lowest BCUT2D eigenvalue weighted by Crippen LogP contribution is -2.38. The van der Waals surface area contributed by atoms with Crippen molar-refractivity contribution in [3.8, 4) is 5.75 Å². The van der Waals surface area contributed by atoms with Gasteiger partial charge in [-0.25, -0.2) is 0 Å². The van der Waals surface area contributed by atoms with E-state index in [1.54, 1.807) is 0 Å². The zero-order chi connectivity index (χ0) is 13.9. The van der Waals surface area contributed by atoms with Crippen molar-refractivity contribution < 1.29 is 9.84 Å². The summed E-state index contributed by atoms with van der Waals surface area (Å²) < 4.78 is 5.59. The van der Waals surface area contributed by atoms with Crippen LogP contribution in [0.5, 0.6) is 5.75 Å². The molecule has 0 heterocycles. The maximum absolute atomic E-state index is 11.0. The van der Waals surface area contributed by atoms with E-state index in [2.05, 4.69) is 20.8 Å². The molecule has 2 heteroatoms. The second-order valence-corrected chi connectivity index (χ2v) is 6.08. The molecule has 0 amide bonds. The van der Waals surface area contributed by atoms with E-state index in [9.17, 15) is 5.11 Å². The third kappa shape index (κ3) is 3.11. The van der Waals surface area contributed by atoms with Crippen LogP contribution in [0.4, 0.5) is 0 Å². The first kappa shape index (κ1) is 14.4. The number of rotatable bonds is 4. The van der Waals surface area contributed by atoms with E-state index in [4.69, 9.17) is 4.74 Å². The molecule has 0 aliphatic heterocycles. The Morgan fingerprint density at radius 3 is 2.53 bits per heavy atom. The Kier molecular flexibility index (Phi) is 4.51. The quantitative estimate of drug-likeness (QED) is 0.884. The molecule has 1 N–H and O–H groups in total. The lowest BCUT2D eigenvalue weighted by atomic mass is 9.69. The molecular weight excluding hydrogens is 236 g/mol. The highest BCUT2D eigenvalue weighted by Gasteiger charge is 2.39. The Morgan fingerprint density at radius 1 is 1.26 bits per heavy atom. The summed E-state index contributed by atoms with van der Waals surface area (Å²) in [7, 11) is 0. The Hall–Kier alpha value is -1.02. The van der Waals surface area contributed by atoms with Gasteiger partial charge in [0.25, 0.3) is 0 Å². The van der Waals surface area contributed by atoms with Crippen LogP contribution in [0.3, 0.4) is 0 Å². The van der Waals surface area contributed by atoms with Crippen LogP contribution in [0.25, 0.3) is 0 Å². The van der Waals surface area contributed by atoms with Gasteiger partial charge >= 0.3 is 0 Å². The zero-order valence-electron chi connectivity index (χ0n) is 12.4. The van der Waals surface area contributed by atoms with Crippen molar-refractivity contribution in [2.45, 2.75) is 52.1 Å². The van der Waals surface area contributed by atoms with Gasteiger partial charge in [-0.2, -0.15) is 0 Å². The lowest BCUT2D eigenvalue weighted by molar-refractivity contribution is -0.0588. The maximum Gasteiger partial charge on any atom is 0.119 e. The van der Waals surface area contributed by atoms with Gasteiger partial charge < -0.3 is 9.84 Å². The fraction of sp³-hybridized carbons (Fsp3) is 0.647. The number of ether oxygens (including phenoxy) is 1. The lowest BCUT2D eigenvalue weighted by Gasteiger charge is -2.41. The molecule has 1 fully saturated rings. The summed E-state index contributed by atoms with van der Waals surface area (Å²) in [5, 5.41) is 11.0. The average molecular weight is 262 g/mol. The Labute approximate surface area is 116 Å². The standard InChI is InChI=1S/C17H26O2/c1-4-11-19-16-7-5-15(6-8-16)17(18)10-9-13(2)12-14(17)3/h5-8,13-14,18H,4,9-12H2,1-3H3. The highest BCUT2D eigenvalue weighted by Crippen LogP contribution is 2.43.